The summed E-state index contributed by atoms with van der Waals surface area (Å²) < 4.78 is 5.22. The second-order valence-corrected chi connectivity index (χ2v) is 6.98. The summed E-state index contributed by atoms with van der Waals surface area (Å²) in [4.78, 5) is 24.7. The highest BCUT2D eigenvalue weighted by Gasteiger charge is 2.22. The van der Waals surface area contributed by atoms with Crippen LogP contribution in [0, 0.1) is 11.3 Å². The maximum atomic E-state index is 12.5. The Labute approximate surface area is 172 Å². The second kappa shape index (κ2) is 12.4. The van der Waals surface area contributed by atoms with Crippen LogP contribution < -0.4 is 10.6 Å². The van der Waals surface area contributed by atoms with Gasteiger partial charge in [0.05, 0.1) is 19.1 Å². The van der Waals surface area contributed by atoms with Crippen molar-refractivity contribution in [2.45, 2.75) is 51.5 Å². The predicted molar refractivity (Wildman–Crippen MR) is 113 cm³/mol. The molecule has 0 aliphatic heterocycles. The van der Waals surface area contributed by atoms with E-state index in [1.54, 1.807) is 0 Å². The van der Waals surface area contributed by atoms with Crippen molar-refractivity contribution in [3.63, 3.8) is 0 Å². The fourth-order valence-electron chi connectivity index (χ4n) is 3.05. The molecule has 2 rings (SSSR count). The fraction of sp³-hybridized carbons (Fsp3) is 0.435. The monoisotopic (exact) mass is 395 g/mol. The molecule has 0 saturated carbocycles. The first-order valence-electron chi connectivity index (χ1n) is 10.2. The van der Waals surface area contributed by atoms with Gasteiger partial charge >= 0.3 is 6.09 Å². The normalized spacial score (nSPS) is 11.4. The predicted octanol–water partition coefficient (Wildman–Crippen LogP) is 4.09. The van der Waals surface area contributed by atoms with Gasteiger partial charge in [-0.25, -0.2) is 4.79 Å². The van der Waals surface area contributed by atoms with Crippen molar-refractivity contribution in [2.24, 2.45) is 0 Å². The summed E-state index contributed by atoms with van der Waals surface area (Å²) >= 11 is 0. The van der Waals surface area contributed by atoms with E-state index in [4.69, 9.17) is 10.00 Å². The molecule has 29 heavy (non-hydrogen) atoms. The van der Waals surface area contributed by atoms with Gasteiger partial charge in [-0.05, 0) is 22.8 Å². The number of alkyl carbamates (subject to hydrolysis) is 1. The van der Waals surface area contributed by atoms with Crippen molar-refractivity contribution in [3.05, 3.63) is 48.0 Å². The third kappa shape index (κ3) is 7.82. The zero-order valence-electron chi connectivity index (χ0n) is 16.9. The smallest absolute Gasteiger partial charge is 0.407 e. The van der Waals surface area contributed by atoms with Crippen molar-refractivity contribution in [1.29, 1.82) is 5.26 Å². The Bertz CT molecular complexity index is 845. The van der Waals surface area contributed by atoms with E-state index in [0.717, 1.165) is 42.0 Å². The molecule has 6 heteroatoms. The van der Waals surface area contributed by atoms with Crippen molar-refractivity contribution in [1.82, 2.24) is 10.6 Å². The van der Waals surface area contributed by atoms with Crippen LogP contribution in [-0.2, 0) is 16.0 Å². The molecule has 154 valence electrons. The average Bonchev–Trinajstić information content (AvgIpc) is 2.73. The number of nitrogens with zero attached hydrogens (tertiary/aromatic N) is 1. The lowest BCUT2D eigenvalue weighted by Crippen LogP contribution is -2.48. The number of hydrogen-bond acceptors (Lipinski definition) is 4. The lowest BCUT2D eigenvalue weighted by molar-refractivity contribution is -0.123. The molecule has 0 spiro atoms. The van der Waals surface area contributed by atoms with Crippen LogP contribution in [0.25, 0.3) is 10.8 Å². The molecule has 1 unspecified atom stereocenters. The highest BCUT2D eigenvalue weighted by atomic mass is 16.5. The molecule has 2 aromatic rings. The molecule has 0 saturated heterocycles. The average molecular weight is 396 g/mol. The third-order valence-electron chi connectivity index (χ3n) is 4.63. The van der Waals surface area contributed by atoms with Crippen LogP contribution in [0.15, 0.2) is 42.5 Å². The van der Waals surface area contributed by atoms with E-state index in [-0.39, 0.29) is 18.9 Å². The zero-order chi connectivity index (χ0) is 20.9. The first-order chi connectivity index (χ1) is 14.1. The standard InChI is InChI=1S/C23H29N3O3/c1-2-3-4-7-15-29-23(28)26-21(22(27)25-14-8-13-24)17-18-11-12-19-9-5-6-10-20(19)16-18/h5-6,9-12,16,21H,2-4,7-8,14-15,17H2,1H3,(H,25,27)(H,26,28). The molecular weight excluding hydrogens is 366 g/mol. The van der Waals surface area contributed by atoms with Crippen molar-refractivity contribution < 1.29 is 14.3 Å². The van der Waals surface area contributed by atoms with Crippen LogP contribution in [0.2, 0.25) is 0 Å². The minimum atomic E-state index is -0.766. The Balaban J connectivity index is 2.00. The molecule has 0 aliphatic rings. The lowest BCUT2D eigenvalue weighted by Gasteiger charge is -2.18. The van der Waals surface area contributed by atoms with Gasteiger partial charge in [0.1, 0.15) is 6.04 Å². The number of benzene rings is 2. The van der Waals surface area contributed by atoms with E-state index < -0.39 is 12.1 Å². The molecule has 6 nitrogen and oxygen atoms in total. The molecule has 0 radical (unpaired) electrons. The van der Waals surface area contributed by atoms with Gasteiger partial charge in [0.15, 0.2) is 0 Å². The van der Waals surface area contributed by atoms with Crippen LogP contribution in [-0.4, -0.2) is 31.2 Å². The molecule has 0 fully saturated rings. The van der Waals surface area contributed by atoms with Crippen LogP contribution in [0.5, 0.6) is 0 Å². The van der Waals surface area contributed by atoms with Gasteiger partial charge in [-0.3, -0.25) is 4.79 Å². The number of amides is 2. The van der Waals surface area contributed by atoms with Crippen molar-refractivity contribution >= 4 is 22.8 Å². The van der Waals surface area contributed by atoms with Crippen molar-refractivity contribution in [3.8, 4) is 6.07 Å². The summed E-state index contributed by atoms with van der Waals surface area (Å²) in [6, 6.07) is 15.2. The van der Waals surface area contributed by atoms with Gasteiger partial charge in [-0.2, -0.15) is 5.26 Å². The highest BCUT2D eigenvalue weighted by molar-refractivity contribution is 5.87. The molecule has 2 amide bonds. The molecular formula is C23H29N3O3. The molecule has 2 N–H and O–H groups in total. The van der Waals surface area contributed by atoms with Crippen LogP contribution in [0.4, 0.5) is 4.79 Å². The van der Waals surface area contributed by atoms with E-state index in [9.17, 15) is 9.59 Å². The Hall–Kier alpha value is -3.07. The van der Waals surface area contributed by atoms with E-state index in [2.05, 4.69) is 17.6 Å². The number of fused-ring (bicyclic) bond motifs is 1. The fourth-order valence-corrected chi connectivity index (χ4v) is 3.05. The third-order valence-corrected chi connectivity index (χ3v) is 4.63. The molecule has 0 aliphatic carbocycles. The first-order valence-corrected chi connectivity index (χ1v) is 10.2. The molecule has 0 bridgehead atoms. The van der Waals surface area contributed by atoms with E-state index in [0.29, 0.717) is 13.0 Å². The molecule has 0 heterocycles. The number of nitrogens with one attached hydrogen (secondary N) is 2. The lowest BCUT2D eigenvalue weighted by atomic mass is 10.0. The summed E-state index contributed by atoms with van der Waals surface area (Å²) in [7, 11) is 0. The molecule has 0 aromatic heterocycles. The minimum Gasteiger partial charge on any atom is -0.450 e. The quantitative estimate of drug-likeness (QED) is 0.561. The van der Waals surface area contributed by atoms with Crippen molar-refractivity contribution in [2.75, 3.05) is 13.2 Å². The number of hydrogen-bond donors (Lipinski definition) is 2. The Morgan fingerprint density at radius 1 is 1.10 bits per heavy atom. The maximum absolute atomic E-state index is 12.5. The number of nitriles is 1. The first kappa shape index (κ1) is 22.2. The Morgan fingerprint density at radius 3 is 2.66 bits per heavy atom. The van der Waals surface area contributed by atoms with Gasteiger partial charge < -0.3 is 15.4 Å². The topological polar surface area (TPSA) is 91.2 Å². The number of unbranched alkanes of at least 4 members (excludes halogenated alkanes) is 3. The number of carbonyl (C=O) groups is 2. The minimum absolute atomic E-state index is 0.219. The number of carbonyl (C=O) groups excluding carboxylic acids is 2. The van der Waals surface area contributed by atoms with Gasteiger partial charge in [-0.15, -0.1) is 0 Å². The van der Waals surface area contributed by atoms with Gasteiger partial charge in [0.25, 0.3) is 0 Å². The van der Waals surface area contributed by atoms with E-state index >= 15 is 0 Å². The second-order valence-electron chi connectivity index (χ2n) is 6.98. The van der Waals surface area contributed by atoms with E-state index in [1.807, 2.05) is 48.5 Å². The van der Waals surface area contributed by atoms with Crippen LogP contribution in [0.1, 0.15) is 44.6 Å². The summed E-state index contributed by atoms with van der Waals surface area (Å²) in [5, 5.41) is 16.2. The zero-order valence-corrected chi connectivity index (χ0v) is 16.9. The van der Waals surface area contributed by atoms with Crippen LogP contribution in [0.3, 0.4) is 0 Å². The Kier molecular flexibility index (Phi) is 9.50. The van der Waals surface area contributed by atoms with Gasteiger partial charge in [0, 0.05) is 13.0 Å². The molecule has 1 atom stereocenters. The van der Waals surface area contributed by atoms with E-state index in [1.165, 1.54) is 0 Å². The summed E-state index contributed by atoms with van der Waals surface area (Å²) in [5.41, 5.74) is 0.937. The summed E-state index contributed by atoms with van der Waals surface area (Å²) in [5.74, 6) is -0.323. The summed E-state index contributed by atoms with van der Waals surface area (Å²) in [6.45, 7) is 2.71. The SMILES string of the molecule is CCCCCCOC(=O)NC(Cc1ccc2ccccc2c1)C(=O)NCCC#N. The number of ether oxygens (including phenoxy) is 1. The maximum Gasteiger partial charge on any atom is 0.407 e. The largest absolute Gasteiger partial charge is 0.450 e. The van der Waals surface area contributed by atoms with Gasteiger partial charge in [-0.1, -0.05) is 68.7 Å². The number of rotatable bonds is 11. The highest BCUT2D eigenvalue weighted by Crippen LogP contribution is 2.17. The summed E-state index contributed by atoms with van der Waals surface area (Å²) in [6.07, 6.45) is 4.01. The molecule has 2 aromatic carbocycles. The Morgan fingerprint density at radius 2 is 1.90 bits per heavy atom. The van der Waals surface area contributed by atoms with Crippen LogP contribution >= 0.6 is 0 Å². The van der Waals surface area contributed by atoms with Gasteiger partial charge in [0.2, 0.25) is 5.91 Å².